The van der Waals surface area contributed by atoms with Crippen LogP contribution >= 0.6 is 11.6 Å². The molecule has 0 spiro atoms. The van der Waals surface area contributed by atoms with Crippen LogP contribution in [0.25, 0.3) is 0 Å². The van der Waals surface area contributed by atoms with Gasteiger partial charge >= 0.3 is 0 Å². The molecule has 1 fully saturated rings. The number of hydrogen-bond acceptors (Lipinski definition) is 5. The zero-order valence-corrected chi connectivity index (χ0v) is 15.2. The van der Waals surface area contributed by atoms with E-state index in [0.29, 0.717) is 42.3 Å². The van der Waals surface area contributed by atoms with E-state index in [-0.39, 0.29) is 25.2 Å². The topological polar surface area (TPSA) is 95.9 Å². The van der Waals surface area contributed by atoms with Crippen LogP contribution in [-0.2, 0) is 21.4 Å². The number of nitrogens with one attached hydrogen (secondary N) is 1. The summed E-state index contributed by atoms with van der Waals surface area (Å²) in [5.41, 5.74) is 0.512. The summed E-state index contributed by atoms with van der Waals surface area (Å²) < 4.78 is 30.9. The fraction of sp³-hybridized carbons (Fsp3) is 0.438. The van der Waals surface area contributed by atoms with Crippen LogP contribution in [0.15, 0.2) is 30.2 Å². The molecule has 0 atom stereocenters. The van der Waals surface area contributed by atoms with Crippen LogP contribution in [0.4, 0.5) is 0 Å². The monoisotopic (exact) mass is 388 g/mol. The fourth-order valence-corrected chi connectivity index (χ4v) is 3.56. The number of aliphatic hydroxyl groups excluding tert-OH is 1. The first-order valence-electron chi connectivity index (χ1n) is 7.79. The number of rotatable bonds is 7. The number of hydrogen-bond donors (Lipinski definition) is 2. The minimum atomic E-state index is -3.46. The lowest BCUT2D eigenvalue weighted by atomic mass is 10.1. The van der Waals surface area contributed by atoms with E-state index in [0.717, 1.165) is 5.41 Å². The summed E-state index contributed by atoms with van der Waals surface area (Å²) in [4.78, 5) is 13.9. The molecule has 1 saturated heterocycles. The van der Waals surface area contributed by atoms with Gasteiger partial charge in [0.05, 0.1) is 6.61 Å². The van der Waals surface area contributed by atoms with E-state index in [1.54, 1.807) is 23.1 Å². The first-order valence-corrected chi connectivity index (χ1v) is 9.71. The third-order valence-electron chi connectivity index (χ3n) is 3.94. The number of nitrogens with zero attached hydrogens (tertiary/aromatic N) is 1. The van der Waals surface area contributed by atoms with Crippen molar-refractivity contribution in [2.45, 2.75) is 25.5 Å². The maximum atomic E-state index is 12.2. The lowest BCUT2D eigenvalue weighted by Crippen LogP contribution is -2.47. The molecule has 7 nitrogen and oxygen atoms in total. The van der Waals surface area contributed by atoms with Crippen molar-refractivity contribution in [1.29, 1.82) is 0 Å². The maximum Gasteiger partial charge on any atom is 0.260 e. The number of ether oxygens (including phenoxy) is 1. The highest BCUT2D eigenvalue weighted by Crippen LogP contribution is 2.23. The van der Waals surface area contributed by atoms with E-state index in [4.69, 9.17) is 16.3 Å². The number of piperidine rings is 1. The van der Waals surface area contributed by atoms with Gasteiger partial charge in [0.2, 0.25) is 10.0 Å². The molecule has 2 rings (SSSR count). The Kier molecular flexibility index (Phi) is 6.83. The van der Waals surface area contributed by atoms with Crippen molar-refractivity contribution < 1.29 is 23.1 Å². The molecule has 138 valence electrons. The Morgan fingerprint density at radius 2 is 2.12 bits per heavy atom. The number of benzene rings is 1. The number of amides is 1. The molecule has 0 unspecified atom stereocenters. The summed E-state index contributed by atoms with van der Waals surface area (Å²) in [6.07, 6.45) is 1.06. The van der Waals surface area contributed by atoms with Crippen LogP contribution in [0, 0.1) is 0 Å². The summed E-state index contributed by atoms with van der Waals surface area (Å²) >= 11 is 5.85. The Balaban J connectivity index is 1.84. The zero-order chi connectivity index (χ0) is 18.4. The Morgan fingerprint density at radius 1 is 1.44 bits per heavy atom. The van der Waals surface area contributed by atoms with Gasteiger partial charge in [0.15, 0.2) is 6.61 Å². The summed E-state index contributed by atoms with van der Waals surface area (Å²) in [7, 11) is -3.46. The molecule has 0 saturated carbocycles. The van der Waals surface area contributed by atoms with Gasteiger partial charge in [-0.1, -0.05) is 18.2 Å². The lowest BCUT2D eigenvalue weighted by molar-refractivity contribution is -0.134. The van der Waals surface area contributed by atoms with Gasteiger partial charge in [-0.05, 0) is 31.0 Å². The van der Waals surface area contributed by atoms with Gasteiger partial charge in [0.1, 0.15) is 5.75 Å². The smallest absolute Gasteiger partial charge is 0.260 e. The highest BCUT2D eigenvalue weighted by atomic mass is 35.5. The quantitative estimate of drug-likeness (QED) is 0.733. The van der Waals surface area contributed by atoms with Gasteiger partial charge < -0.3 is 14.7 Å². The van der Waals surface area contributed by atoms with Crippen molar-refractivity contribution in [2.24, 2.45) is 0 Å². The van der Waals surface area contributed by atoms with E-state index in [1.165, 1.54) is 0 Å². The van der Waals surface area contributed by atoms with E-state index < -0.39 is 10.0 Å². The van der Waals surface area contributed by atoms with Crippen molar-refractivity contribution in [3.8, 4) is 5.75 Å². The van der Waals surface area contributed by atoms with Crippen LogP contribution in [-0.4, -0.2) is 50.1 Å². The average Bonchev–Trinajstić information content (AvgIpc) is 2.60. The van der Waals surface area contributed by atoms with Crippen molar-refractivity contribution in [3.05, 3.63) is 40.8 Å². The second kappa shape index (κ2) is 8.66. The predicted octanol–water partition coefficient (Wildman–Crippen LogP) is 1.26. The summed E-state index contributed by atoms with van der Waals surface area (Å²) in [5.74, 6) is 0.220. The Morgan fingerprint density at radius 3 is 2.72 bits per heavy atom. The minimum Gasteiger partial charge on any atom is -0.483 e. The molecule has 0 aromatic heterocycles. The zero-order valence-electron chi connectivity index (χ0n) is 13.7. The molecular formula is C16H21ClN2O5S. The summed E-state index contributed by atoms with van der Waals surface area (Å²) in [6, 6.07) is 4.61. The molecule has 25 heavy (non-hydrogen) atoms. The van der Waals surface area contributed by atoms with Crippen LogP contribution in [0.5, 0.6) is 5.75 Å². The number of sulfonamides is 1. The molecular weight excluding hydrogens is 368 g/mol. The van der Waals surface area contributed by atoms with Gasteiger partial charge in [-0.15, -0.1) is 0 Å². The standard InChI is InChI=1S/C16H21ClN2O5S/c1-2-25(22,23)18-14-5-7-19(8-6-14)16(21)11-24-15-4-3-13(17)9-12(15)10-20/h2-4,9,14,18,20H,1,5-8,10-11H2. The second-order valence-electron chi connectivity index (χ2n) is 5.68. The molecule has 1 aromatic carbocycles. The van der Waals surface area contributed by atoms with Crippen molar-refractivity contribution in [2.75, 3.05) is 19.7 Å². The number of likely N-dealkylation sites (tertiary alicyclic amines) is 1. The Hall–Kier alpha value is -1.61. The number of carbonyl (C=O) groups is 1. The van der Waals surface area contributed by atoms with Gasteiger partial charge in [0.25, 0.3) is 5.91 Å². The van der Waals surface area contributed by atoms with E-state index >= 15 is 0 Å². The number of halogens is 1. The third-order valence-corrected chi connectivity index (χ3v) is 5.28. The first-order chi connectivity index (χ1) is 11.8. The maximum absolute atomic E-state index is 12.2. The molecule has 9 heteroatoms. The second-order valence-corrected chi connectivity index (χ2v) is 7.78. The molecule has 0 aliphatic carbocycles. The molecule has 0 bridgehead atoms. The predicted molar refractivity (Wildman–Crippen MR) is 94.7 cm³/mol. The van der Waals surface area contributed by atoms with Crippen LogP contribution < -0.4 is 9.46 Å². The third kappa shape index (κ3) is 5.71. The Bertz CT molecular complexity index is 730. The summed E-state index contributed by atoms with van der Waals surface area (Å²) in [5, 5.41) is 10.7. The Labute approximate surface area is 152 Å². The van der Waals surface area contributed by atoms with Crippen molar-refractivity contribution >= 4 is 27.5 Å². The van der Waals surface area contributed by atoms with Crippen LogP contribution in [0.3, 0.4) is 0 Å². The molecule has 1 amide bonds. The highest BCUT2D eigenvalue weighted by Gasteiger charge is 2.25. The highest BCUT2D eigenvalue weighted by molar-refractivity contribution is 7.92. The van der Waals surface area contributed by atoms with Crippen molar-refractivity contribution in [3.63, 3.8) is 0 Å². The molecule has 1 heterocycles. The fourth-order valence-electron chi connectivity index (χ4n) is 2.57. The van der Waals surface area contributed by atoms with Crippen LogP contribution in [0.1, 0.15) is 18.4 Å². The largest absolute Gasteiger partial charge is 0.483 e. The van der Waals surface area contributed by atoms with Crippen molar-refractivity contribution in [1.82, 2.24) is 9.62 Å². The van der Waals surface area contributed by atoms with Crippen LogP contribution in [0.2, 0.25) is 5.02 Å². The van der Waals surface area contributed by atoms with E-state index in [1.807, 2.05) is 0 Å². The van der Waals surface area contributed by atoms with E-state index in [9.17, 15) is 18.3 Å². The molecule has 1 aliphatic rings. The van der Waals surface area contributed by atoms with Gasteiger partial charge in [-0.3, -0.25) is 4.79 Å². The van der Waals surface area contributed by atoms with Gasteiger partial charge in [-0.2, -0.15) is 0 Å². The van der Waals surface area contributed by atoms with Gasteiger partial charge in [0, 0.05) is 35.1 Å². The van der Waals surface area contributed by atoms with Gasteiger partial charge in [-0.25, -0.2) is 13.1 Å². The number of carbonyl (C=O) groups excluding carboxylic acids is 1. The number of aliphatic hydroxyl groups is 1. The minimum absolute atomic E-state index is 0.155. The van der Waals surface area contributed by atoms with E-state index in [2.05, 4.69) is 11.3 Å². The summed E-state index contributed by atoms with van der Waals surface area (Å²) in [6.45, 7) is 3.75. The first kappa shape index (κ1) is 19.7. The molecule has 2 N–H and O–H groups in total. The normalized spacial score (nSPS) is 15.8. The molecule has 0 radical (unpaired) electrons. The lowest BCUT2D eigenvalue weighted by Gasteiger charge is -2.32. The SMILES string of the molecule is C=CS(=O)(=O)NC1CCN(C(=O)COc2ccc(Cl)cc2CO)CC1. The molecule has 1 aliphatic heterocycles. The average molecular weight is 389 g/mol. The molecule has 1 aromatic rings.